The lowest BCUT2D eigenvalue weighted by molar-refractivity contribution is 0.520. The summed E-state index contributed by atoms with van der Waals surface area (Å²) in [5.41, 5.74) is 2.76. The third kappa shape index (κ3) is 17.7. The second-order valence-electron chi connectivity index (χ2n) is 12.1. The number of hydrogen-bond donors (Lipinski definition) is 0. The molecule has 0 amide bonds. The van der Waals surface area contributed by atoms with Crippen LogP contribution in [0.15, 0.2) is 36.5 Å². The van der Waals surface area contributed by atoms with Crippen LogP contribution in [-0.2, 0) is 25.8 Å². The first-order chi connectivity index (χ1) is 19.3. The van der Waals surface area contributed by atoms with Crippen molar-refractivity contribution in [2.24, 2.45) is 0 Å². The van der Waals surface area contributed by atoms with Gasteiger partial charge in [0.15, 0.2) is 0 Å². The van der Waals surface area contributed by atoms with Gasteiger partial charge in [0, 0.05) is 19.2 Å². The third-order valence-corrected chi connectivity index (χ3v) is 8.41. The van der Waals surface area contributed by atoms with Crippen molar-refractivity contribution in [2.45, 2.75) is 181 Å². The van der Waals surface area contributed by atoms with Crippen LogP contribution in [-0.4, -0.2) is 9.55 Å². The molecule has 222 valence electrons. The van der Waals surface area contributed by atoms with E-state index in [1.165, 1.54) is 158 Å². The Labute approximate surface area is 243 Å². The van der Waals surface area contributed by atoms with Gasteiger partial charge < -0.3 is 4.57 Å². The van der Waals surface area contributed by atoms with E-state index in [4.69, 9.17) is 4.98 Å². The molecule has 2 aromatic rings. The maximum absolute atomic E-state index is 5.15. The summed E-state index contributed by atoms with van der Waals surface area (Å²) in [5, 5.41) is 0. The lowest BCUT2D eigenvalue weighted by Crippen LogP contribution is -2.03. The summed E-state index contributed by atoms with van der Waals surface area (Å²) < 4.78 is 2.53. The average Bonchev–Trinajstić information content (AvgIpc) is 3.34. The van der Waals surface area contributed by atoms with Crippen molar-refractivity contribution in [1.29, 1.82) is 0 Å². The zero-order valence-corrected chi connectivity index (χ0v) is 26.2. The van der Waals surface area contributed by atoms with Crippen LogP contribution < -0.4 is 0 Å². The summed E-state index contributed by atoms with van der Waals surface area (Å²) in [7, 11) is 0. The Bertz CT molecular complexity index is 778. The van der Waals surface area contributed by atoms with Crippen molar-refractivity contribution in [1.82, 2.24) is 9.55 Å². The molecule has 0 saturated carbocycles. The lowest BCUT2D eigenvalue weighted by atomic mass is 10.1. The Morgan fingerprint density at radius 2 is 0.974 bits per heavy atom. The van der Waals surface area contributed by atoms with Crippen LogP contribution >= 0.6 is 0 Å². The van der Waals surface area contributed by atoms with E-state index >= 15 is 0 Å². The molecule has 0 fully saturated rings. The second kappa shape index (κ2) is 24.2. The first-order valence-electron chi connectivity index (χ1n) is 17.4. The van der Waals surface area contributed by atoms with Crippen LogP contribution in [0.1, 0.15) is 172 Å². The fourth-order valence-corrected chi connectivity index (χ4v) is 5.86. The average molecular weight is 537 g/mol. The fourth-order valence-electron chi connectivity index (χ4n) is 5.86. The Hall–Kier alpha value is -1.57. The van der Waals surface area contributed by atoms with Crippen LogP contribution in [0, 0.1) is 0 Å². The Morgan fingerprint density at radius 1 is 0.487 bits per heavy atom. The summed E-state index contributed by atoms with van der Waals surface area (Å²) in [6.45, 7) is 5.77. The number of aryl methyl sites for hydroxylation is 4. The SMILES string of the molecule is CCCCCCCCCCCCCc1nc(CCCc2ccccc2)cn1CCCCCCCCCCCC. The van der Waals surface area contributed by atoms with E-state index in [-0.39, 0.29) is 0 Å². The zero-order chi connectivity index (χ0) is 27.6. The van der Waals surface area contributed by atoms with E-state index < -0.39 is 0 Å². The predicted molar refractivity (Wildman–Crippen MR) is 173 cm³/mol. The normalized spacial score (nSPS) is 11.4. The minimum absolute atomic E-state index is 1.10. The Morgan fingerprint density at radius 3 is 1.51 bits per heavy atom. The van der Waals surface area contributed by atoms with Gasteiger partial charge in [0.25, 0.3) is 0 Å². The standard InChI is InChI=1S/C37H64N2/c1-3-5-7-9-11-13-15-16-18-20-25-32-37-38-36(31-27-30-35-28-23-22-24-29-35)34-39(37)33-26-21-19-17-14-12-10-8-6-4-2/h22-24,28-29,34H,3-21,25-27,30-33H2,1-2H3. The van der Waals surface area contributed by atoms with E-state index in [0.717, 1.165) is 25.8 Å². The van der Waals surface area contributed by atoms with E-state index in [1.54, 1.807) is 0 Å². The summed E-state index contributed by atoms with van der Waals surface area (Å²) in [6.07, 6.45) is 36.5. The van der Waals surface area contributed by atoms with E-state index in [2.05, 4.69) is 54.9 Å². The van der Waals surface area contributed by atoms with Gasteiger partial charge >= 0.3 is 0 Å². The first kappa shape index (κ1) is 33.6. The van der Waals surface area contributed by atoms with Crippen LogP contribution in [0.25, 0.3) is 0 Å². The highest BCUT2D eigenvalue weighted by molar-refractivity contribution is 5.15. The lowest BCUT2D eigenvalue weighted by Gasteiger charge is -2.08. The van der Waals surface area contributed by atoms with Crippen molar-refractivity contribution in [2.75, 3.05) is 0 Å². The number of unbranched alkanes of at least 4 members (excludes halogenated alkanes) is 19. The van der Waals surface area contributed by atoms with Gasteiger partial charge in [-0.1, -0.05) is 166 Å². The molecule has 0 N–H and O–H groups in total. The summed E-state index contributed by atoms with van der Waals surface area (Å²) in [4.78, 5) is 5.15. The maximum atomic E-state index is 5.15. The van der Waals surface area contributed by atoms with Crippen molar-refractivity contribution >= 4 is 0 Å². The largest absolute Gasteiger partial charge is 0.335 e. The third-order valence-electron chi connectivity index (χ3n) is 8.41. The molecular formula is C37H64N2. The van der Waals surface area contributed by atoms with E-state index in [9.17, 15) is 0 Å². The van der Waals surface area contributed by atoms with Gasteiger partial charge in [-0.2, -0.15) is 0 Å². The van der Waals surface area contributed by atoms with Crippen LogP contribution in [0.4, 0.5) is 0 Å². The Kier molecular flexibility index (Phi) is 20.9. The molecule has 0 aliphatic rings. The second-order valence-corrected chi connectivity index (χ2v) is 12.1. The number of benzene rings is 1. The number of aromatic nitrogens is 2. The van der Waals surface area contributed by atoms with E-state index in [1.807, 2.05) is 0 Å². The molecule has 0 saturated heterocycles. The predicted octanol–water partition coefficient (Wildman–Crippen LogP) is 11.8. The number of imidazole rings is 1. The van der Waals surface area contributed by atoms with Crippen molar-refractivity contribution in [3.05, 3.63) is 53.6 Å². The van der Waals surface area contributed by atoms with Gasteiger partial charge in [-0.15, -0.1) is 0 Å². The van der Waals surface area contributed by atoms with Gasteiger partial charge in [0.2, 0.25) is 0 Å². The smallest absolute Gasteiger partial charge is 0.108 e. The number of rotatable bonds is 27. The molecule has 0 unspecified atom stereocenters. The quantitative estimate of drug-likeness (QED) is 0.104. The monoisotopic (exact) mass is 537 g/mol. The van der Waals surface area contributed by atoms with E-state index in [0.29, 0.717) is 0 Å². The summed E-state index contributed by atoms with van der Waals surface area (Å²) in [5.74, 6) is 1.36. The fraction of sp³-hybridized carbons (Fsp3) is 0.757. The highest BCUT2D eigenvalue weighted by Gasteiger charge is 2.08. The van der Waals surface area contributed by atoms with Crippen LogP contribution in [0.3, 0.4) is 0 Å². The number of hydrogen-bond acceptors (Lipinski definition) is 1. The number of nitrogens with zero attached hydrogens (tertiary/aromatic N) is 2. The first-order valence-corrected chi connectivity index (χ1v) is 17.4. The highest BCUT2D eigenvalue weighted by atomic mass is 15.1. The molecule has 0 aliphatic carbocycles. The van der Waals surface area contributed by atoms with Gasteiger partial charge in [0.05, 0.1) is 5.69 Å². The zero-order valence-electron chi connectivity index (χ0n) is 26.2. The molecular weight excluding hydrogens is 472 g/mol. The highest BCUT2D eigenvalue weighted by Crippen LogP contribution is 2.16. The van der Waals surface area contributed by atoms with Gasteiger partial charge in [0.1, 0.15) is 5.82 Å². The molecule has 0 spiro atoms. The van der Waals surface area contributed by atoms with Crippen LogP contribution in [0.2, 0.25) is 0 Å². The molecule has 2 heteroatoms. The molecule has 0 radical (unpaired) electrons. The van der Waals surface area contributed by atoms with Gasteiger partial charge in [-0.25, -0.2) is 4.98 Å². The molecule has 1 heterocycles. The molecule has 0 aliphatic heterocycles. The molecule has 2 nitrogen and oxygen atoms in total. The minimum atomic E-state index is 1.10. The van der Waals surface area contributed by atoms with Crippen molar-refractivity contribution in [3.8, 4) is 0 Å². The van der Waals surface area contributed by atoms with Crippen molar-refractivity contribution < 1.29 is 0 Å². The van der Waals surface area contributed by atoms with Gasteiger partial charge in [-0.3, -0.25) is 0 Å². The molecule has 1 aromatic carbocycles. The summed E-state index contributed by atoms with van der Waals surface area (Å²) >= 11 is 0. The minimum Gasteiger partial charge on any atom is -0.335 e. The van der Waals surface area contributed by atoms with Crippen molar-refractivity contribution in [3.63, 3.8) is 0 Å². The molecule has 1 aromatic heterocycles. The van der Waals surface area contributed by atoms with Gasteiger partial charge in [-0.05, 0) is 37.7 Å². The summed E-state index contributed by atoms with van der Waals surface area (Å²) in [6, 6.07) is 10.9. The maximum Gasteiger partial charge on any atom is 0.108 e. The molecule has 0 atom stereocenters. The molecule has 2 rings (SSSR count). The van der Waals surface area contributed by atoms with Crippen LogP contribution in [0.5, 0.6) is 0 Å². The molecule has 39 heavy (non-hydrogen) atoms. The molecule has 0 bridgehead atoms. The topological polar surface area (TPSA) is 17.8 Å². The Balaban J connectivity index is 1.67.